The Kier molecular flexibility index (Phi) is 8.93. The molecule has 0 fully saturated rings. The molecule has 0 aliphatic heterocycles. The van der Waals surface area contributed by atoms with Crippen LogP contribution in [0.3, 0.4) is 0 Å². The summed E-state index contributed by atoms with van der Waals surface area (Å²) < 4.78 is 0.621. The summed E-state index contributed by atoms with van der Waals surface area (Å²) in [5, 5.41) is 13.9. The quantitative estimate of drug-likeness (QED) is 0.265. The van der Waals surface area contributed by atoms with Crippen molar-refractivity contribution in [3.05, 3.63) is 110 Å². The number of anilines is 1. The third-order valence-electron chi connectivity index (χ3n) is 4.21. The highest BCUT2D eigenvalue weighted by atomic mass is 35.5. The number of halogens is 2. The monoisotopic (exact) mass is 484 g/mol. The van der Waals surface area contributed by atoms with E-state index in [1.54, 1.807) is 12.1 Å². The van der Waals surface area contributed by atoms with Gasteiger partial charge in [-0.2, -0.15) is 5.26 Å². The lowest BCUT2D eigenvalue weighted by molar-refractivity contribution is -0.112. The third-order valence-corrected chi connectivity index (χ3v) is 7.50. The second kappa shape index (κ2) is 11.9. The molecule has 3 aromatic carbocycles. The fraction of sp³-hybridized carbons (Fsp3) is 0.0833. The second-order valence-corrected chi connectivity index (χ2v) is 9.40. The summed E-state index contributed by atoms with van der Waals surface area (Å²) in [7, 11) is 0. The number of nitrogens with zero attached hydrogens (tertiary/aromatic N) is 1. The van der Waals surface area contributed by atoms with Crippen molar-refractivity contribution in [2.45, 2.75) is 11.5 Å². The molecule has 0 atom stereocenters. The SMILES string of the molecule is N#CC(C(=O)Nc1ccccc1)=C(SCc1ccccc1Cl)SCc1ccccc1Cl. The van der Waals surface area contributed by atoms with Gasteiger partial charge in [0.25, 0.3) is 5.91 Å². The van der Waals surface area contributed by atoms with Gasteiger partial charge in [0.05, 0.1) is 4.24 Å². The van der Waals surface area contributed by atoms with Gasteiger partial charge in [0, 0.05) is 27.2 Å². The van der Waals surface area contributed by atoms with Crippen molar-refractivity contribution in [3.8, 4) is 6.07 Å². The second-order valence-electron chi connectivity index (χ2n) is 6.35. The topological polar surface area (TPSA) is 52.9 Å². The van der Waals surface area contributed by atoms with Crippen molar-refractivity contribution in [1.82, 2.24) is 0 Å². The van der Waals surface area contributed by atoms with E-state index < -0.39 is 5.91 Å². The number of rotatable bonds is 8. The first kappa shape index (κ1) is 23.3. The molecule has 0 saturated heterocycles. The predicted octanol–water partition coefficient (Wildman–Crippen LogP) is 7.53. The van der Waals surface area contributed by atoms with Gasteiger partial charge >= 0.3 is 0 Å². The first-order chi connectivity index (χ1) is 15.1. The molecule has 0 unspecified atom stereocenters. The van der Waals surface area contributed by atoms with Gasteiger partial charge in [0.1, 0.15) is 11.6 Å². The fourth-order valence-corrected chi connectivity index (χ4v) is 5.50. The summed E-state index contributed by atoms with van der Waals surface area (Å²) in [5.74, 6) is 0.629. The lowest BCUT2D eigenvalue weighted by Gasteiger charge is -2.12. The Morgan fingerprint density at radius 3 is 1.77 bits per heavy atom. The minimum atomic E-state index is -0.443. The predicted molar refractivity (Wildman–Crippen MR) is 133 cm³/mol. The number of hydrogen-bond donors (Lipinski definition) is 1. The molecule has 3 aromatic rings. The molecule has 3 rings (SSSR count). The van der Waals surface area contributed by atoms with Crippen molar-refractivity contribution in [1.29, 1.82) is 5.26 Å². The van der Waals surface area contributed by atoms with Crippen LogP contribution in [0.15, 0.2) is 88.7 Å². The van der Waals surface area contributed by atoms with Gasteiger partial charge in [-0.15, -0.1) is 23.5 Å². The maximum atomic E-state index is 12.9. The lowest BCUT2D eigenvalue weighted by Crippen LogP contribution is -2.14. The van der Waals surface area contributed by atoms with Crippen molar-refractivity contribution >= 4 is 58.3 Å². The van der Waals surface area contributed by atoms with Crippen LogP contribution in [-0.4, -0.2) is 5.91 Å². The summed E-state index contributed by atoms with van der Waals surface area (Å²) in [5.41, 5.74) is 2.57. The molecule has 1 N–H and O–H groups in total. The zero-order chi connectivity index (χ0) is 22.1. The minimum absolute atomic E-state index is 0.0676. The molecule has 1 amide bonds. The summed E-state index contributed by atoms with van der Waals surface area (Å²) in [6.07, 6.45) is 0. The molecular weight excluding hydrogens is 467 g/mol. The van der Waals surface area contributed by atoms with Crippen molar-refractivity contribution in [3.63, 3.8) is 0 Å². The Morgan fingerprint density at radius 1 is 0.806 bits per heavy atom. The molecule has 3 nitrogen and oxygen atoms in total. The Hall–Kier alpha value is -2.36. The van der Waals surface area contributed by atoms with Crippen LogP contribution in [0.2, 0.25) is 10.0 Å². The van der Waals surface area contributed by atoms with E-state index in [2.05, 4.69) is 11.4 Å². The molecular formula is C24H18Cl2N2OS2. The molecule has 0 spiro atoms. The number of amides is 1. The van der Waals surface area contributed by atoms with Crippen LogP contribution >= 0.6 is 46.7 Å². The Bertz CT molecular complexity index is 1080. The van der Waals surface area contributed by atoms with E-state index in [0.717, 1.165) is 11.1 Å². The maximum Gasteiger partial charge on any atom is 0.268 e. The zero-order valence-corrected chi connectivity index (χ0v) is 19.5. The van der Waals surface area contributed by atoms with Crippen LogP contribution in [-0.2, 0) is 16.3 Å². The number of thioether (sulfide) groups is 2. The molecule has 7 heteroatoms. The van der Waals surface area contributed by atoms with E-state index in [1.807, 2.05) is 66.7 Å². The molecule has 156 valence electrons. The normalized spacial score (nSPS) is 10.2. The van der Waals surface area contributed by atoms with E-state index in [9.17, 15) is 10.1 Å². The minimum Gasteiger partial charge on any atom is -0.321 e. The van der Waals surface area contributed by atoms with Gasteiger partial charge in [-0.3, -0.25) is 4.79 Å². The molecule has 31 heavy (non-hydrogen) atoms. The van der Waals surface area contributed by atoms with Crippen LogP contribution < -0.4 is 5.32 Å². The molecule has 0 aliphatic carbocycles. The first-order valence-corrected chi connectivity index (χ1v) is 12.0. The number of hydrogen-bond acceptors (Lipinski definition) is 4. The largest absolute Gasteiger partial charge is 0.321 e. The highest BCUT2D eigenvalue weighted by molar-refractivity contribution is 8.21. The van der Waals surface area contributed by atoms with E-state index in [4.69, 9.17) is 23.2 Å². The number of benzene rings is 3. The van der Waals surface area contributed by atoms with Crippen molar-refractivity contribution in [2.24, 2.45) is 0 Å². The van der Waals surface area contributed by atoms with Gasteiger partial charge in [-0.25, -0.2) is 0 Å². The maximum absolute atomic E-state index is 12.9. The average Bonchev–Trinajstić information content (AvgIpc) is 2.78. The molecule has 0 saturated carbocycles. The van der Waals surface area contributed by atoms with Gasteiger partial charge < -0.3 is 5.32 Å². The summed E-state index contributed by atoms with van der Waals surface area (Å²) in [6.45, 7) is 0. The van der Waals surface area contributed by atoms with Crippen LogP contribution in [0.4, 0.5) is 5.69 Å². The van der Waals surface area contributed by atoms with E-state index in [1.165, 1.54) is 23.5 Å². The fourth-order valence-electron chi connectivity index (χ4n) is 2.61. The third kappa shape index (κ3) is 6.81. The van der Waals surface area contributed by atoms with Gasteiger partial charge in [-0.1, -0.05) is 77.8 Å². The molecule has 0 aliphatic rings. The lowest BCUT2D eigenvalue weighted by atomic mass is 10.2. The Balaban J connectivity index is 1.85. The number of carbonyl (C=O) groups excluding carboxylic acids is 1. The van der Waals surface area contributed by atoms with Gasteiger partial charge in [-0.05, 0) is 35.4 Å². The van der Waals surface area contributed by atoms with Crippen LogP contribution in [0.25, 0.3) is 0 Å². The number of carbonyl (C=O) groups is 1. The van der Waals surface area contributed by atoms with Crippen LogP contribution in [0.1, 0.15) is 11.1 Å². The average molecular weight is 485 g/mol. The van der Waals surface area contributed by atoms with Crippen molar-refractivity contribution < 1.29 is 4.79 Å². The standard InChI is InChI=1S/C24H18Cl2N2OS2/c25-21-12-6-4-8-17(21)15-30-24(31-16-18-9-5-7-13-22(18)26)20(14-27)23(29)28-19-10-2-1-3-11-19/h1-13H,15-16H2,(H,28,29). The van der Waals surface area contributed by atoms with E-state index in [-0.39, 0.29) is 5.57 Å². The van der Waals surface area contributed by atoms with E-state index in [0.29, 0.717) is 31.5 Å². The summed E-state index contributed by atoms with van der Waals surface area (Å²) >= 11 is 15.4. The van der Waals surface area contributed by atoms with Crippen LogP contribution in [0, 0.1) is 11.3 Å². The number of nitrogens with one attached hydrogen (secondary N) is 1. The molecule has 0 aromatic heterocycles. The molecule has 0 radical (unpaired) electrons. The highest BCUT2D eigenvalue weighted by Gasteiger charge is 2.18. The molecule has 0 bridgehead atoms. The number of para-hydroxylation sites is 1. The first-order valence-electron chi connectivity index (χ1n) is 9.31. The Labute approximate surface area is 200 Å². The van der Waals surface area contributed by atoms with Crippen molar-refractivity contribution in [2.75, 3.05) is 5.32 Å². The number of nitriles is 1. The van der Waals surface area contributed by atoms with E-state index >= 15 is 0 Å². The van der Waals surface area contributed by atoms with Crippen LogP contribution in [0.5, 0.6) is 0 Å². The van der Waals surface area contributed by atoms with Gasteiger partial charge in [0.15, 0.2) is 0 Å². The smallest absolute Gasteiger partial charge is 0.268 e. The Morgan fingerprint density at radius 2 is 1.29 bits per heavy atom. The highest BCUT2D eigenvalue weighted by Crippen LogP contribution is 2.38. The summed E-state index contributed by atoms with van der Waals surface area (Å²) in [4.78, 5) is 12.9. The zero-order valence-electron chi connectivity index (χ0n) is 16.3. The molecule has 0 heterocycles. The summed E-state index contributed by atoms with van der Waals surface area (Å²) in [6, 6.07) is 26.2. The van der Waals surface area contributed by atoms with Gasteiger partial charge in [0.2, 0.25) is 0 Å².